The van der Waals surface area contributed by atoms with E-state index < -0.39 is 23.9 Å². The van der Waals surface area contributed by atoms with Gasteiger partial charge in [-0.15, -0.1) is 0 Å². The molecule has 1 aliphatic heterocycles. The molecule has 4 nitrogen and oxygen atoms in total. The van der Waals surface area contributed by atoms with Gasteiger partial charge in [0.1, 0.15) is 23.9 Å². The van der Waals surface area contributed by atoms with E-state index in [4.69, 9.17) is 9.47 Å². The second-order valence-corrected chi connectivity index (χ2v) is 3.97. The SMILES string of the molecule is CO[C@@H]1[C@@H](O)[C@@H](O)COC12CC=CC2. The van der Waals surface area contributed by atoms with Crippen LogP contribution >= 0.6 is 0 Å². The van der Waals surface area contributed by atoms with Crippen LogP contribution in [0.4, 0.5) is 0 Å². The summed E-state index contributed by atoms with van der Waals surface area (Å²) in [6, 6.07) is 0. The molecule has 0 aromatic rings. The molecule has 3 atom stereocenters. The summed E-state index contributed by atoms with van der Waals surface area (Å²) < 4.78 is 10.9. The molecule has 0 bridgehead atoms. The molecule has 80 valence electrons. The molecule has 1 fully saturated rings. The first-order valence-corrected chi connectivity index (χ1v) is 4.87. The van der Waals surface area contributed by atoms with E-state index >= 15 is 0 Å². The summed E-state index contributed by atoms with van der Waals surface area (Å²) in [4.78, 5) is 0. The number of methoxy groups -OCH3 is 1. The van der Waals surface area contributed by atoms with Gasteiger partial charge in [-0.25, -0.2) is 0 Å². The summed E-state index contributed by atoms with van der Waals surface area (Å²) in [6.07, 6.45) is 3.40. The molecule has 1 heterocycles. The molecule has 0 aromatic heterocycles. The van der Waals surface area contributed by atoms with E-state index in [0.29, 0.717) is 0 Å². The lowest BCUT2D eigenvalue weighted by Crippen LogP contribution is -2.60. The summed E-state index contributed by atoms with van der Waals surface area (Å²) in [7, 11) is 1.54. The minimum Gasteiger partial charge on any atom is -0.388 e. The van der Waals surface area contributed by atoms with E-state index in [1.54, 1.807) is 0 Å². The van der Waals surface area contributed by atoms with Gasteiger partial charge in [0.05, 0.1) is 6.61 Å². The highest BCUT2D eigenvalue weighted by Crippen LogP contribution is 2.38. The van der Waals surface area contributed by atoms with Crippen molar-refractivity contribution in [3.63, 3.8) is 0 Å². The molecule has 0 aromatic carbocycles. The van der Waals surface area contributed by atoms with Gasteiger partial charge < -0.3 is 19.7 Å². The van der Waals surface area contributed by atoms with Gasteiger partial charge in [0.2, 0.25) is 0 Å². The fourth-order valence-electron chi connectivity index (χ4n) is 2.30. The molecular weight excluding hydrogens is 184 g/mol. The Balaban J connectivity index is 2.17. The van der Waals surface area contributed by atoms with Crippen molar-refractivity contribution >= 4 is 0 Å². The second-order valence-electron chi connectivity index (χ2n) is 3.97. The average molecular weight is 200 g/mol. The molecule has 1 aliphatic carbocycles. The van der Waals surface area contributed by atoms with Crippen LogP contribution < -0.4 is 0 Å². The molecule has 0 radical (unpaired) electrons. The Morgan fingerprint density at radius 3 is 2.57 bits per heavy atom. The Morgan fingerprint density at radius 2 is 2.00 bits per heavy atom. The maximum Gasteiger partial charge on any atom is 0.115 e. The van der Waals surface area contributed by atoms with E-state index in [9.17, 15) is 10.2 Å². The highest BCUT2D eigenvalue weighted by atomic mass is 16.6. The zero-order chi connectivity index (χ0) is 10.2. The third-order valence-corrected chi connectivity index (χ3v) is 3.11. The van der Waals surface area contributed by atoms with Crippen LogP contribution in [0.1, 0.15) is 12.8 Å². The van der Waals surface area contributed by atoms with Crippen molar-refractivity contribution in [2.75, 3.05) is 13.7 Å². The first kappa shape index (κ1) is 10.1. The third-order valence-electron chi connectivity index (χ3n) is 3.11. The lowest BCUT2D eigenvalue weighted by molar-refractivity contribution is -0.239. The Kier molecular flexibility index (Phi) is 2.62. The molecule has 2 aliphatic rings. The van der Waals surface area contributed by atoms with Gasteiger partial charge in [-0.2, -0.15) is 0 Å². The van der Waals surface area contributed by atoms with Crippen molar-refractivity contribution < 1.29 is 19.7 Å². The first-order valence-electron chi connectivity index (χ1n) is 4.87. The molecule has 0 unspecified atom stereocenters. The van der Waals surface area contributed by atoms with Crippen molar-refractivity contribution in [2.24, 2.45) is 0 Å². The van der Waals surface area contributed by atoms with Crippen molar-refractivity contribution in [3.8, 4) is 0 Å². The van der Waals surface area contributed by atoms with Crippen LogP contribution in [0.25, 0.3) is 0 Å². The summed E-state index contributed by atoms with van der Waals surface area (Å²) in [5.41, 5.74) is -0.451. The topological polar surface area (TPSA) is 58.9 Å². The van der Waals surface area contributed by atoms with Crippen LogP contribution in [0.5, 0.6) is 0 Å². The smallest absolute Gasteiger partial charge is 0.115 e. The fraction of sp³-hybridized carbons (Fsp3) is 0.800. The number of aliphatic hydroxyl groups excluding tert-OH is 2. The standard InChI is InChI=1S/C10H16O4/c1-13-9-8(12)7(11)6-14-10(9)4-2-3-5-10/h2-3,7-9,11-12H,4-6H2,1H3/t7-,8-,9+/m0/s1. The van der Waals surface area contributed by atoms with Gasteiger partial charge in [0, 0.05) is 7.11 Å². The molecule has 4 heteroatoms. The summed E-state index contributed by atoms with van der Waals surface area (Å²) >= 11 is 0. The lowest BCUT2D eigenvalue weighted by atomic mass is 9.85. The molecule has 2 rings (SSSR count). The zero-order valence-corrected chi connectivity index (χ0v) is 8.22. The van der Waals surface area contributed by atoms with E-state index in [1.165, 1.54) is 7.11 Å². The quantitative estimate of drug-likeness (QED) is 0.578. The van der Waals surface area contributed by atoms with Crippen LogP contribution in [-0.4, -0.2) is 47.8 Å². The molecule has 14 heavy (non-hydrogen) atoms. The van der Waals surface area contributed by atoms with Crippen molar-refractivity contribution in [3.05, 3.63) is 12.2 Å². The summed E-state index contributed by atoms with van der Waals surface area (Å²) in [6.45, 7) is 0.183. The number of hydrogen-bond donors (Lipinski definition) is 2. The van der Waals surface area contributed by atoms with E-state index in [0.717, 1.165) is 12.8 Å². The van der Waals surface area contributed by atoms with Crippen molar-refractivity contribution in [2.45, 2.75) is 36.8 Å². The summed E-state index contributed by atoms with van der Waals surface area (Å²) in [5, 5.41) is 19.2. The fourth-order valence-corrected chi connectivity index (χ4v) is 2.30. The van der Waals surface area contributed by atoms with Crippen LogP contribution in [0.15, 0.2) is 12.2 Å². The predicted molar refractivity (Wildman–Crippen MR) is 49.9 cm³/mol. The van der Waals surface area contributed by atoms with Crippen LogP contribution in [0, 0.1) is 0 Å². The second kappa shape index (κ2) is 3.62. The third kappa shape index (κ3) is 1.39. The van der Waals surface area contributed by atoms with Gasteiger partial charge in [0.25, 0.3) is 0 Å². The number of aliphatic hydroxyl groups is 2. The number of hydrogen-bond acceptors (Lipinski definition) is 4. The van der Waals surface area contributed by atoms with Gasteiger partial charge in [0.15, 0.2) is 0 Å². The molecule has 1 saturated heterocycles. The predicted octanol–water partition coefficient (Wildman–Crippen LogP) is -0.158. The van der Waals surface area contributed by atoms with Gasteiger partial charge >= 0.3 is 0 Å². The average Bonchev–Trinajstić information content (AvgIpc) is 2.63. The largest absolute Gasteiger partial charge is 0.388 e. The Labute approximate surface area is 83.1 Å². The van der Waals surface area contributed by atoms with Crippen LogP contribution in [-0.2, 0) is 9.47 Å². The number of rotatable bonds is 1. The summed E-state index contributed by atoms with van der Waals surface area (Å²) in [5.74, 6) is 0. The van der Waals surface area contributed by atoms with Crippen molar-refractivity contribution in [1.82, 2.24) is 0 Å². The maximum absolute atomic E-state index is 9.78. The number of ether oxygens (including phenoxy) is 2. The molecule has 0 saturated carbocycles. The van der Waals surface area contributed by atoms with Gasteiger partial charge in [-0.05, 0) is 12.8 Å². The highest BCUT2D eigenvalue weighted by molar-refractivity contribution is 5.12. The normalized spacial score (nSPS) is 40.6. The molecule has 2 N–H and O–H groups in total. The Morgan fingerprint density at radius 1 is 1.36 bits per heavy atom. The molecular formula is C10H16O4. The van der Waals surface area contributed by atoms with Crippen LogP contribution in [0.3, 0.4) is 0 Å². The molecule has 0 amide bonds. The Hall–Kier alpha value is -0.420. The van der Waals surface area contributed by atoms with E-state index in [2.05, 4.69) is 0 Å². The zero-order valence-electron chi connectivity index (χ0n) is 8.22. The minimum atomic E-state index is -0.853. The monoisotopic (exact) mass is 200 g/mol. The molecule has 1 spiro atoms. The van der Waals surface area contributed by atoms with Crippen molar-refractivity contribution in [1.29, 1.82) is 0 Å². The lowest BCUT2D eigenvalue weighted by Gasteiger charge is -2.45. The first-order chi connectivity index (χ1) is 6.69. The van der Waals surface area contributed by atoms with Gasteiger partial charge in [-0.1, -0.05) is 12.2 Å². The van der Waals surface area contributed by atoms with Crippen LogP contribution in [0.2, 0.25) is 0 Å². The highest BCUT2D eigenvalue weighted by Gasteiger charge is 2.50. The van der Waals surface area contributed by atoms with E-state index in [1.807, 2.05) is 12.2 Å². The maximum atomic E-state index is 9.78. The Bertz CT molecular complexity index is 230. The van der Waals surface area contributed by atoms with E-state index in [-0.39, 0.29) is 6.61 Å². The minimum absolute atomic E-state index is 0.183. The van der Waals surface area contributed by atoms with Gasteiger partial charge in [-0.3, -0.25) is 0 Å².